The number of imide groups is 1. The second-order valence-corrected chi connectivity index (χ2v) is 14.9. The van der Waals surface area contributed by atoms with Crippen LogP contribution in [0.4, 0.5) is 0 Å². The maximum Gasteiger partial charge on any atom is 0.255 e. The van der Waals surface area contributed by atoms with Crippen LogP contribution in [0.5, 0.6) is 5.88 Å². The number of rotatable bonds is 11. The van der Waals surface area contributed by atoms with Gasteiger partial charge in [-0.2, -0.15) is 0 Å². The van der Waals surface area contributed by atoms with Crippen molar-refractivity contribution in [2.24, 2.45) is 5.92 Å². The minimum atomic E-state index is -0.626. The second kappa shape index (κ2) is 15.4. The number of aromatic nitrogens is 4. The van der Waals surface area contributed by atoms with E-state index in [1.807, 2.05) is 42.9 Å². The lowest BCUT2D eigenvalue weighted by Crippen LogP contribution is -2.52. The molecular weight excluding hydrogens is 705 g/mol. The zero-order valence-corrected chi connectivity index (χ0v) is 30.8. The summed E-state index contributed by atoms with van der Waals surface area (Å²) in [5.41, 5.74) is 8.81. The fraction of sp³-hybridized carbons (Fsp3) is 0.289. The Bertz CT molecular complexity index is 2510. The van der Waals surface area contributed by atoms with E-state index in [9.17, 15) is 14.4 Å². The lowest BCUT2D eigenvalue weighted by atomic mass is 9.78. The molecule has 280 valence electrons. The third-order valence-electron chi connectivity index (χ3n) is 11.0. The van der Waals surface area contributed by atoms with E-state index in [2.05, 4.69) is 68.5 Å². The summed E-state index contributed by atoms with van der Waals surface area (Å²) in [6, 6.07) is 21.6. The van der Waals surface area contributed by atoms with Gasteiger partial charge in [0.1, 0.15) is 18.8 Å². The number of aryl methyl sites for hydroxylation is 1. The summed E-state index contributed by atoms with van der Waals surface area (Å²) < 4.78 is 11.9. The molecule has 2 fully saturated rings. The maximum absolute atomic E-state index is 12.9. The Morgan fingerprint density at radius 2 is 1.79 bits per heavy atom. The van der Waals surface area contributed by atoms with Gasteiger partial charge in [-0.1, -0.05) is 30.0 Å². The molecule has 11 nitrogen and oxygen atoms in total. The van der Waals surface area contributed by atoms with Crippen LogP contribution in [0, 0.1) is 17.8 Å². The van der Waals surface area contributed by atoms with Crippen molar-refractivity contribution < 1.29 is 23.9 Å². The average molecular weight is 745 g/mol. The molecule has 11 heteroatoms. The number of fused-ring (bicyclic) bond motifs is 4. The van der Waals surface area contributed by atoms with E-state index in [0.717, 1.165) is 81.9 Å². The minimum absolute atomic E-state index is 0.184. The summed E-state index contributed by atoms with van der Waals surface area (Å²) in [6.07, 6.45) is 13.0. The van der Waals surface area contributed by atoms with Crippen molar-refractivity contribution in [3.05, 3.63) is 119 Å². The molecule has 56 heavy (non-hydrogen) atoms. The van der Waals surface area contributed by atoms with Gasteiger partial charge < -0.3 is 19.4 Å². The van der Waals surface area contributed by atoms with Crippen molar-refractivity contribution in [3.8, 4) is 28.8 Å². The number of ether oxygens (including phenoxy) is 2. The normalized spacial score (nSPS) is 19.0. The van der Waals surface area contributed by atoms with Crippen molar-refractivity contribution in [1.29, 1.82) is 0 Å². The molecule has 4 aromatic heterocycles. The van der Waals surface area contributed by atoms with Crippen LogP contribution >= 0.6 is 0 Å². The Balaban J connectivity index is 0.670. The first-order valence-electron chi connectivity index (χ1n) is 19.2. The molecule has 9 rings (SSSR count). The zero-order chi connectivity index (χ0) is 38.0. The van der Waals surface area contributed by atoms with Crippen molar-refractivity contribution in [2.45, 2.75) is 63.6 Å². The second-order valence-electron chi connectivity index (χ2n) is 14.9. The molecule has 2 aliphatic heterocycles. The van der Waals surface area contributed by atoms with Gasteiger partial charge in [0, 0.05) is 94.6 Å². The summed E-state index contributed by atoms with van der Waals surface area (Å²) in [5, 5.41) is 4.62. The monoisotopic (exact) mass is 744 g/mol. The van der Waals surface area contributed by atoms with Crippen LogP contribution in [-0.2, 0) is 33.7 Å². The topological polar surface area (TPSA) is 139 Å². The summed E-state index contributed by atoms with van der Waals surface area (Å²) in [6.45, 7) is 1.22. The summed E-state index contributed by atoms with van der Waals surface area (Å²) >= 11 is 0. The molecule has 1 unspecified atom stereocenters. The Morgan fingerprint density at radius 3 is 2.62 bits per heavy atom. The summed E-state index contributed by atoms with van der Waals surface area (Å²) in [4.78, 5) is 55.3. The lowest BCUT2D eigenvalue weighted by molar-refractivity contribution is -0.136. The largest absolute Gasteiger partial charge is 0.474 e. The van der Waals surface area contributed by atoms with Gasteiger partial charge in [-0.05, 0) is 104 Å². The van der Waals surface area contributed by atoms with Gasteiger partial charge in [0.15, 0.2) is 0 Å². The molecule has 6 heterocycles. The Kier molecular flexibility index (Phi) is 9.71. The predicted molar refractivity (Wildman–Crippen MR) is 210 cm³/mol. The number of pyridine rings is 3. The van der Waals surface area contributed by atoms with Crippen LogP contribution in [0.3, 0.4) is 0 Å². The molecule has 1 aliphatic carbocycles. The van der Waals surface area contributed by atoms with E-state index < -0.39 is 11.9 Å². The highest BCUT2D eigenvalue weighted by Crippen LogP contribution is 2.35. The third-order valence-corrected chi connectivity index (χ3v) is 11.0. The van der Waals surface area contributed by atoms with E-state index in [4.69, 9.17) is 14.5 Å². The van der Waals surface area contributed by atoms with Gasteiger partial charge in [-0.25, -0.2) is 4.98 Å². The molecular formula is C45H40N6O5. The Labute approximate surface area is 323 Å². The van der Waals surface area contributed by atoms with Crippen LogP contribution in [0.2, 0.25) is 0 Å². The first-order chi connectivity index (χ1) is 27.4. The Hall–Kier alpha value is -6.38. The van der Waals surface area contributed by atoms with E-state index in [1.54, 1.807) is 17.2 Å². The molecule has 1 saturated carbocycles. The number of amides is 3. The maximum atomic E-state index is 12.9. The molecule has 2 N–H and O–H groups in total. The van der Waals surface area contributed by atoms with Gasteiger partial charge in [-0.15, -0.1) is 0 Å². The first-order valence-corrected chi connectivity index (χ1v) is 19.2. The van der Waals surface area contributed by atoms with Gasteiger partial charge in [0.2, 0.25) is 17.7 Å². The van der Waals surface area contributed by atoms with Crippen molar-refractivity contribution >= 4 is 39.5 Å². The molecule has 0 radical (unpaired) electrons. The highest BCUT2D eigenvalue weighted by molar-refractivity contribution is 6.08. The van der Waals surface area contributed by atoms with Crippen molar-refractivity contribution in [2.75, 3.05) is 13.2 Å². The number of hydrogen-bond acceptors (Lipinski definition) is 8. The number of H-pyrrole nitrogens is 1. The highest BCUT2D eigenvalue weighted by atomic mass is 16.5. The molecule has 3 amide bonds. The number of nitrogens with one attached hydrogen (secondary N) is 2. The number of benzene rings is 2. The molecule has 6 aromatic rings. The van der Waals surface area contributed by atoms with Crippen LogP contribution < -0.4 is 10.1 Å². The summed E-state index contributed by atoms with van der Waals surface area (Å²) in [5.74, 6) is 6.51. The molecule has 1 atom stereocenters. The quantitative estimate of drug-likeness (QED) is 0.0892. The zero-order valence-electron chi connectivity index (χ0n) is 30.8. The van der Waals surface area contributed by atoms with Crippen molar-refractivity contribution in [1.82, 2.24) is 30.2 Å². The highest BCUT2D eigenvalue weighted by Gasteiger charge is 2.39. The SMILES string of the molecule is O=C1CCC(N2Cc3cc(C#CCOCCCc4ccc(CC5CC(Oc6ccc(-c7ccc8c(c7)[nH]c7ccncc78)cn6)C5)cn4)ccc3C2=O)C(=O)N1. The van der Waals surface area contributed by atoms with Gasteiger partial charge in [-0.3, -0.25) is 29.7 Å². The number of carbonyl (C=O) groups excluding carboxylic acids is 3. The van der Waals surface area contributed by atoms with Gasteiger partial charge >= 0.3 is 0 Å². The minimum Gasteiger partial charge on any atom is -0.474 e. The lowest BCUT2D eigenvalue weighted by Gasteiger charge is -2.35. The van der Waals surface area contributed by atoms with E-state index >= 15 is 0 Å². The average Bonchev–Trinajstić information content (AvgIpc) is 3.73. The number of carbonyl (C=O) groups is 3. The molecule has 1 saturated heterocycles. The number of nitrogens with zero attached hydrogens (tertiary/aromatic N) is 4. The predicted octanol–water partition coefficient (Wildman–Crippen LogP) is 6.34. The van der Waals surface area contributed by atoms with Crippen LogP contribution in [-0.4, -0.2) is 67.9 Å². The van der Waals surface area contributed by atoms with E-state index in [0.29, 0.717) is 43.5 Å². The summed E-state index contributed by atoms with van der Waals surface area (Å²) in [7, 11) is 0. The molecule has 0 spiro atoms. The Morgan fingerprint density at radius 1 is 0.875 bits per heavy atom. The van der Waals surface area contributed by atoms with Gasteiger partial charge in [0.25, 0.3) is 5.91 Å². The van der Waals surface area contributed by atoms with Crippen LogP contribution in [0.25, 0.3) is 32.9 Å². The smallest absolute Gasteiger partial charge is 0.255 e. The van der Waals surface area contributed by atoms with E-state index in [1.165, 1.54) is 5.56 Å². The molecule has 2 aromatic carbocycles. The van der Waals surface area contributed by atoms with Crippen LogP contribution in [0.1, 0.15) is 64.8 Å². The van der Waals surface area contributed by atoms with Gasteiger partial charge in [0.05, 0.1) is 0 Å². The molecule has 0 bridgehead atoms. The fourth-order valence-electron chi connectivity index (χ4n) is 7.98. The van der Waals surface area contributed by atoms with Crippen LogP contribution in [0.15, 0.2) is 91.5 Å². The third kappa shape index (κ3) is 7.48. The van der Waals surface area contributed by atoms with E-state index in [-0.39, 0.29) is 24.3 Å². The number of aromatic amines is 1. The number of hydrogen-bond donors (Lipinski definition) is 2. The van der Waals surface area contributed by atoms with Crippen molar-refractivity contribution in [3.63, 3.8) is 0 Å². The molecule has 3 aliphatic rings. The standard InChI is InChI=1S/C45H40N6O5/c52-42-13-12-41(44(53)50-42)51-27-33-20-28(6-10-36(33)45(51)54)3-1-17-55-18-2-4-34-9-5-29(24-47-34)19-30-21-35(22-30)56-43-14-8-32(25-48-43)31-7-11-37-38-26-46-16-15-39(38)49-40(37)23-31/h5-11,14-16,20,23-26,30,35,41,49H,2,4,12-13,17-19,21-22,27H2,(H,50,52,53). The fourth-order valence-corrected chi connectivity index (χ4v) is 7.98. The first kappa shape index (κ1) is 35.3. The number of piperidine rings is 1.